The normalized spacial score (nSPS) is 10.7. The molecular formula is C24H22F2N2O2S. The largest absolute Gasteiger partial charge is 0.352 e. The molecule has 0 saturated carbocycles. The number of halogens is 2. The summed E-state index contributed by atoms with van der Waals surface area (Å²) in [5, 5.41) is 5.24. The minimum atomic E-state index is -0.351. The van der Waals surface area contributed by atoms with Gasteiger partial charge in [0.1, 0.15) is 11.6 Å². The molecule has 7 heteroatoms. The number of hydrogen-bond donors (Lipinski definition) is 2. The van der Waals surface area contributed by atoms with Gasteiger partial charge in [-0.15, -0.1) is 11.8 Å². The van der Waals surface area contributed by atoms with Crippen LogP contribution < -0.4 is 10.6 Å². The first-order chi connectivity index (χ1) is 15.0. The van der Waals surface area contributed by atoms with Gasteiger partial charge in [0, 0.05) is 17.8 Å². The van der Waals surface area contributed by atoms with Crippen molar-refractivity contribution in [2.75, 3.05) is 17.6 Å². The van der Waals surface area contributed by atoms with E-state index in [0.29, 0.717) is 17.8 Å². The predicted molar refractivity (Wildman–Crippen MR) is 120 cm³/mol. The Labute approximate surface area is 184 Å². The van der Waals surface area contributed by atoms with Crippen molar-refractivity contribution in [1.82, 2.24) is 5.32 Å². The average Bonchev–Trinajstić information content (AvgIpc) is 2.76. The molecule has 4 nitrogen and oxygen atoms in total. The predicted octanol–water partition coefficient (Wildman–Crippen LogP) is 5.18. The van der Waals surface area contributed by atoms with Gasteiger partial charge >= 0.3 is 0 Å². The molecule has 0 heterocycles. The minimum Gasteiger partial charge on any atom is -0.352 e. The summed E-state index contributed by atoms with van der Waals surface area (Å²) in [4.78, 5) is 24.5. The van der Waals surface area contributed by atoms with E-state index in [-0.39, 0.29) is 34.5 Å². The molecule has 160 valence electrons. The van der Waals surface area contributed by atoms with Crippen molar-refractivity contribution in [3.05, 3.63) is 101 Å². The topological polar surface area (TPSA) is 58.2 Å². The highest BCUT2D eigenvalue weighted by Crippen LogP contribution is 2.35. The second kappa shape index (κ2) is 10.7. The third kappa shape index (κ3) is 6.39. The summed E-state index contributed by atoms with van der Waals surface area (Å²) in [7, 11) is 0. The number of nitrogens with one attached hydrogen (secondary N) is 2. The zero-order chi connectivity index (χ0) is 22.2. The quantitative estimate of drug-likeness (QED) is 0.508. The molecule has 3 aromatic rings. The highest BCUT2D eigenvalue weighted by atomic mass is 32.2. The fraction of sp³-hybridized carbons (Fsp3) is 0.167. The summed E-state index contributed by atoms with van der Waals surface area (Å²) in [5.74, 6) is -1.04. The van der Waals surface area contributed by atoms with E-state index in [9.17, 15) is 18.4 Å². The molecule has 0 spiro atoms. The SMILES string of the molecule is CCNC(=O)c1cccc(NC(=O)CSC(c2ccc(F)cc2)c2ccc(F)cc2)c1. The van der Waals surface area contributed by atoms with Gasteiger partial charge in [0.2, 0.25) is 5.91 Å². The van der Waals surface area contributed by atoms with Crippen molar-refractivity contribution in [2.24, 2.45) is 0 Å². The second-order valence-electron chi connectivity index (χ2n) is 6.78. The maximum atomic E-state index is 13.4. The van der Waals surface area contributed by atoms with Crippen molar-refractivity contribution in [1.29, 1.82) is 0 Å². The monoisotopic (exact) mass is 440 g/mol. The van der Waals surface area contributed by atoms with Crippen LogP contribution in [0.25, 0.3) is 0 Å². The number of carbonyl (C=O) groups is 2. The molecule has 0 aliphatic heterocycles. The van der Waals surface area contributed by atoms with Crippen molar-refractivity contribution in [2.45, 2.75) is 12.2 Å². The van der Waals surface area contributed by atoms with E-state index in [4.69, 9.17) is 0 Å². The zero-order valence-corrected chi connectivity index (χ0v) is 17.7. The minimum absolute atomic E-state index is 0.116. The first kappa shape index (κ1) is 22.5. The molecule has 2 amide bonds. The Morgan fingerprint density at radius 2 is 1.48 bits per heavy atom. The smallest absolute Gasteiger partial charge is 0.251 e. The Morgan fingerprint density at radius 1 is 0.903 bits per heavy atom. The van der Waals surface area contributed by atoms with Gasteiger partial charge in [0.25, 0.3) is 5.91 Å². The molecule has 0 atom stereocenters. The van der Waals surface area contributed by atoms with Gasteiger partial charge < -0.3 is 10.6 Å². The zero-order valence-electron chi connectivity index (χ0n) is 16.9. The highest BCUT2D eigenvalue weighted by molar-refractivity contribution is 8.00. The summed E-state index contributed by atoms with van der Waals surface area (Å²) in [6, 6.07) is 18.8. The Morgan fingerprint density at radius 3 is 2.03 bits per heavy atom. The molecule has 0 fully saturated rings. The van der Waals surface area contributed by atoms with Crippen LogP contribution in [0.1, 0.15) is 33.7 Å². The van der Waals surface area contributed by atoms with E-state index < -0.39 is 0 Å². The number of hydrogen-bond acceptors (Lipinski definition) is 3. The van der Waals surface area contributed by atoms with E-state index in [2.05, 4.69) is 10.6 Å². The van der Waals surface area contributed by atoms with E-state index >= 15 is 0 Å². The third-order valence-corrected chi connectivity index (χ3v) is 5.78. The van der Waals surface area contributed by atoms with Crippen LogP contribution >= 0.6 is 11.8 Å². The molecule has 0 bridgehead atoms. The molecule has 0 aliphatic carbocycles. The lowest BCUT2D eigenvalue weighted by Crippen LogP contribution is -2.23. The molecule has 2 N–H and O–H groups in total. The summed E-state index contributed by atoms with van der Waals surface area (Å²) in [5.41, 5.74) is 2.60. The molecule has 0 saturated heterocycles. The van der Waals surface area contributed by atoms with Crippen molar-refractivity contribution in [3.8, 4) is 0 Å². The number of benzene rings is 3. The third-order valence-electron chi connectivity index (χ3n) is 4.47. The summed E-state index contributed by atoms with van der Waals surface area (Å²) in [6.45, 7) is 2.35. The van der Waals surface area contributed by atoms with Crippen LogP contribution in [0, 0.1) is 11.6 Å². The van der Waals surface area contributed by atoms with Gasteiger partial charge in [-0.25, -0.2) is 8.78 Å². The van der Waals surface area contributed by atoms with Crippen LogP contribution in [0.5, 0.6) is 0 Å². The van der Waals surface area contributed by atoms with Crippen molar-refractivity contribution >= 4 is 29.3 Å². The number of anilines is 1. The Hall–Kier alpha value is -3.19. The second-order valence-corrected chi connectivity index (χ2v) is 7.88. The Bertz CT molecular complexity index is 995. The standard InChI is InChI=1S/C24H22F2N2O2S/c1-2-27-24(30)18-4-3-5-21(14-18)28-22(29)15-31-23(16-6-10-19(25)11-7-16)17-8-12-20(26)13-9-17/h3-14,23H,2,15H2,1H3,(H,27,30)(H,28,29). The number of amides is 2. The fourth-order valence-corrected chi connectivity index (χ4v) is 4.11. The van der Waals surface area contributed by atoms with Crippen LogP contribution in [0.3, 0.4) is 0 Å². The maximum absolute atomic E-state index is 13.4. The molecule has 3 aromatic carbocycles. The molecule has 0 radical (unpaired) electrons. The van der Waals surface area contributed by atoms with Crippen LogP contribution in [-0.2, 0) is 4.79 Å². The van der Waals surface area contributed by atoms with E-state index in [1.807, 2.05) is 6.92 Å². The van der Waals surface area contributed by atoms with E-state index in [1.165, 1.54) is 36.0 Å². The van der Waals surface area contributed by atoms with Gasteiger partial charge in [-0.3, -0.25) is 9.59 Å². The molecule has 31 heavy (non-hydrogen) atoms. The van der Waals surface area contributed by atoms with Gasteiger partial charge in [0.15, 0.2) is 0 Å². The summed E-state index contributed by atoms with van der Waals surface area (Å²) in [6.07, 6.45) is 0. The maximum Gasteiger partial charge on any atom is 0.251 e. The molecule has 0 aromatic heterocycles. The Kier molecular flexibility index (Phi) is 7.78. The van der Waals surface area contributed by atoms with E-state index in [0.717, 1.165) is 11.1 Å². The molecule has 3 rings (SSSR count). The van der Waals surface area contributed by atoms with Gasteiger partial charge in [-0.2, -0.15) is 0 Å². The Balaban J connectivity index is 1.70. The molecule has 0 aliphatic rings. The van der Waals surface area contributed by atoms with Crippen LogP contribution in [-0.4, -0.2) is 24.1 Å². The van der Waals surface area contributed by atoms with Crippen molar-refractivity contribution in [3.63, 3.8) is 0 Å². The lowest BCUT2D eigenvalue weighted by Gasteiger charge is -2.18. The average molecular weight is 441 g/mol. The lowest BCUT2D eigenvalue weighted by atomic mass is 10.0. The van der Waals surface area contributed by atoms with Crippen LogP contribution in [0.4, 0.5) is 14.5 Å². The summed E-state index contributed by atoms with van der Waals surface area (Å²) < 4.78 is 26.7. The number of thioether (sulfide) groups is 1. The lowest BCUT2D eigenvalue weighted by molar-refractivity contribution is -0.113. The summed E-state index contributed by atoms with van der Waals surface area (Å²) >= 11 is 1.35. The highest BCUT2D eigenvalue weighted by Gasteiger charge is 2.17. The van der Waals surface area contributed by atoms with Gasteiger partial charge in [-0.1, -0.05) is 30.3 Å². The van der Waals surface area contributed by atoms with Gasteiger partial charge in [0.05, 0.1) is 11.0 Å². The van der Waals surface area contributed by atoms with Crippen LogP contribution in [0.2, 0.25) is 0 Å². The van der Waals surface area contributed by atoms with E-state index in [1.54, 1.807) is 48.5 Å². The molecule has 0 unspecified atom stereocenters. The number of rotatable bonds is 8. The first-order valence-electron chi connectivity index (χ1n) is 9.77. The first-order valence-corrected chi connectivity index (χ1v) is 10.8. The van der Waals surface area contributed by atoms with Crippen molar-refractivity contribution < 1.29 is 18.4 Å². The number of carbonyl (C=O) groups excluding carboxylic acids is 2. The molecular weight excluding hydrogens is 418 g/mol. The van der Waals surface area contributed by atoms with Gasteiger partial charge in [-0.05, 0) is 60.5 Å². The van der Waals surface area contributed by atoms with Crippen LogP contribution in [0.15, 0.2) is 72.8 Å². The fourth-order valence-electron chi connectivity index (χ4n) is 3.02.